The Hall–Kier alpha value is -4.30. The maximum atomic E-state index is 12.9. The molecule has 34 heavy (non-hydrogen) atoms. The van der Waals surface area contributed by atoms with E-state index in [1.165, 1.54) is 0 Å². The van der Waals surface area contributed by atoms with Crippen molar-refractivity contribution in [3.63, 3.8) is 0 Å². The molecule has 1 aromatic carbocycles. The Morgan fingerprint density at radius 2 is 1.21 bits per heavy atom. The summed E-state index contributed by atoms with van der Waals surface area (Å²) in [5, 5.41) is 19.7. The predicted octanol–water partition coefficient (Wildman–Crippen LogP) is 3.32. The van der Waals surface area contributed by atoms with Crippen molar-refractivity contribution < 1.29 is 19.1 Å². The van der Waals surface area contributed by atoms with E-state index >= 15 is 0 Å². The van der Waals surface area contributed by atoms with Gasteiger partial charge in [-0.3, -0.25) is 9.59 Å². The van der Waals surface area contributed by atoms with Crippen LogP contribution in [-0.2, 0) is 19.1 Å². The minimum atomic E-state index is -0.677. The summed E-state index contributed by atoms with van der Waals surface area (Å²) < 4.78 is 11.3. The topological polar surface area (TPSA) is 152 Å². The number of allylic oxidation sites excluding steroid dienone is 6. The monoisotopic (exact) mass is 454 g/mol. The third kappa shape index (κ3) is 3.27. The molecule has 1 aromatic rings. The fourth-order valence-corrected chi connectivity index (χ4v) is 5.30. The molecule has 5 rings (SSSR count). The first-order valence-corrected chi connectivity index (χ1v) is 11.2. The van der Waals surface area contributed by atoms with Gasteiger partial charge in [0.2, 0.25) is 11.8 Å². The number of nitriles is 2. The van der Waals surface area contributed by atoms with Gasteiger partial charge in [-0.2, -0.15) is 10.5 Å². The number of carbonyl (C=O) groups excluding carboxylic acids is 2. The highest BCUT2D eigenvalue weighted by Gasteiger charge is 2.40. The SMILES string of the molecule is N#CC1=C(N)OC2=C(C(=O)CCC2)C1c1cccc(C2C(C#N)=C(N)OC3=C2C(=O)CCC3)c1. The lowest BCUT2D eigenvalue weighted by Crippen LogP contribution is -2.28. The van der Waals surface area contributed by atoms with Crippen LogP contribution < -0.4 is 11.5 Å². The normalized spacial score (nSPS) is 24.6. The zero-order chi connectivity index (χ0) is 24.0. The van der Waals surface area contributed by atoms with Crippen molar-refractivity contribution >= 4 is 11.6 Å². The van der Waals surface area contributed by atoms with Crippen LogP contribution in [0.3, 0.4) is 0 Å². The summed E-state index contributed by atoms with van der Waals surface area (Å²) in [6.45, 7) is 0. The van der Waals surface area contributed by atoms with E-state index in [-0.39, 0.29) is 34.5 Å². The van der Waals surface area contributed by atoms with Gasteiger partial charge >= 0.3 is 0 Å². The van der Waals surface area contributed by atoms with E-state index in [4.69, 9.17) is 20.9 Å². The molecule has 2 aliphatic heterocycles. The Morgan fingerprint density at radius 1 is 0.765 bits per heavy atom. The molecule has 2 unspecified atom stereocenters. The lowest BCUT2D eigenvalue weighted by Gasteiger charge is -2.33. The number of carbonyl (C=O) groups is 2. The molecule has 0 spiro atoms. The van der Waals surface area contributed by atoms with Crippen molar-refractivity contribution in [2.24, 2.45) is 11.5 Å². The standard InChI is InChI=1S/C26H22N4O4/c27-11-15-21(23-17(31)6-2-8-19(23)33-25(15)29)13-4-1-5-14(10-13)22-16(12-28)26(30)34-20-9-3-7-18(32)24(20)22/h1,4-5,10,21-22H,2-3,6-9,29-30H2. The lowest BCUT2D eigenvalue weighted by molar-refractivity contribution is -0.117. The summed E-state index contributed by atoms with van der Waals surface area (Å²) >= 11 is 0. The van der Waals surface area contributed by atoms with E-state index in [2.05, 4.69) is 12.1 Å². The highest BCUT2D eigenvalue weighted by Crippen LogP contribution is 2.46. The highest BCUT2D eigenvalue weighted by molar-refractivity contribution is 6.00. The molecule has 0 aromatic heterocycles. The largest absolute Gasteiger partial charge is 0.444 e. The maximum absolute atomic E-state index is 12.9. The van der Waals surface area contributed by atoms with Crippen molar-refractivity contribution in [2.75, 3.05) is 0 Å². The molecule has 2 atom stereocenters. The summed E-state index contributed by atoms with van der Waals surface area (Å²) in [7, 11) is 0. The third-order valence-corrected chi connectivity index (χ3v) is 6.79. The average Bonchev–Trinajstić information content (AvgIpc) is 2.82. The van der Waals surface area contributed by atoms with Crippen LogP contribution in [0.4, 0.5) is 0 Å². The minimum Gasteiger partial charge on any atom is -0.444 e. The summed E-state index contributed by atoms with van der Waals surface area (Å²) in [5.74, 6) is -0.507. The van der Waals surface area contributed by atoms with E-state index < -0.39 is 11.8 Å². The zero-order valence-electron chi connectivity index (χ0n) is 18.4. The summed E-state index contributed by atoms with van der Waals surface area (Å²) in [5.41, 5.74) is 14.7. The molecule has 8 nitrogen and oxygen atoms in total. The number of ketones is 2. The summed E-state index contributed by atoms with van der Waals surface area (Å²) in [6, 6.07) is 11.5. The number of benzene rings is 1. The van der Waals surface area contributed by atoms with Crippen LogP contribution in [0.5, 0.6) is 0 Å². The van der Waals surface area contributed by atoms with E-state index in [0.29, 0.717) is 72.3 Å². The zero-order valence-corrected chi connectivity index (χ0v) is 18.4. The van der Waals surface area contributed by atoms with Crippen molar-refractivity contribution in [2.45, 2.75) is 50.4 Å². The average molecular weight is 454 g/mol. The molecule has 8 heteroatoms. The second kappa shape index (κ2) is 8.24. The molecule has 4 aliphatic rings. The number of hydrogen-bond acceptors (Lipinski definition) is 8. The first-order valence-electron chi connectivity index (χ1n) is 11.2. The molecule has 2 aliphatic carbocycles. The van der Waals surface area contributed by atoms with Gasteiger partial charge in [0.05, 0.1) is 11.8 Å². The molecule has 0 amide bonds. The van der Waals surface area contributed by atoms with Crippen LogP contribution in [0.15, 0.2) is 69.8 Å². The molecule has 170 valence electrons. The summed E-state index contributed by atoms with van der Waals surface area (Å²) in [6.07, 6.45) is 3.21. The molecule has 4 N–H and O–H groups in total. The van der Waals surface area contributed by atoms with Crippen molar-refractivity contribution in [3.8, 4) is 12.1 Å². The molecule has 0 bridgehead atoms. The van der Waals surface area contributed by atoms with Gasteiger partial charge in [0.15, 0.2) is 11.6 Å². The van der Waals surface area contributed by atoms with Gasteiger partial charge in [-0.25, -0.2) is 0 Å². The van der Waals surface area contributed by atoms with Crippen LogP contribution in [0.1, 0.15) is 61.5 Å². The first-order chi connectivity index (χ1) is 16.4. The quantitative estimate of drug-likeness (QED) is 0.690. The van der Waals surface area contributed by atoms with Crippen LogP contribution in [0, 0.1) is 22.7 Å². The number of ether oxygens (including phenoxy) is 2. The minimum absolute atomic E-state index is 0.00766. The van der Waals surface area contributed by atoms with Crippen molar-refractivity contribution in [1.29, 1.82) is 10.5 Å². The van der Waals surface area contributed by atoms with Gasteiger partial charge in [0.25, 0.3) is 0 Å². The van der Waals surface area contributed by atoms with Gasteiger partial charge in [-0.15, -0.1) is 0 Å². The van der Waals surface area contributed by atoms with Gasteiger partial charge in [-0.1, -0.05) is 24.3 Å². The Balaban J connectivity index is 1.68. The molecule has 0 saturated heterocycles. The fourth-order valence-electron chi connectivity index (χ4n) is 5.30. The molecule has 2 heterocycles. The third-order valence-electron chi connectivity index (χ3n) is 6.79. The molecule has 0 radical (unpaired) electrons. The number of hydrogen-bond donors (Lipinski definition) is 2. The Morgan fingerprint density at radius 3 is 1.62 bits per heavy atom. The highest BCUT2D eigenvalue weighted by atomic mass is 16.5. The first kappa shape index (κ1) is 21.5. The van der Waals surface area contributed by atoms with Gasteiger partial charge < -0.3 is 20.9 Å². The molecule has 0 saturated carbocycles. The second-order valence-electron chi connectivity index (χ2n) is 8.75. The smallest absolute Gasteiger partial charge is 0.205 e. The lowest BCUT2D eigenvalue weighted by atomic mass is 9.74. The second-order valence-corrected chi connectivity index (χ2v) is 8.75. The van der Waals surface area contributed by atoms with E-state index in [1.807, 2.05) is 18.2 Å². The fraction of sp³-hybridized carbons (Fsp3) is 0.308. The van der Waals surface area contributed by atoms with Gasteiger partial charge in [0.1, 0.15) is 34.8 Å². The Kier molecular flexibility index (Phi) is 5.22. The number of Topliss-reactive ketones (excluding diaryl/α,β-unsaturated/α-hetero) is 2. The van der Waals surface area contributed by atoms with Crippen LogP contribution in [0.25, 0.3) is 0 Å². The van der Waals surface area contributed by atoms with Crippen LogP contribution in [0.2, 0.25) is 0 Å². The molecule has 0 fully saturated rings. The molecular weight excluding hydrogens is 432 g/mol. The Labute approximate surface area is 196 Å². The van der Waals surface area contributed by atoms with Crippen molar-refractivity contribution in [3.05, 3.63) is 81.0 Å². The van der Waals surface area contributed by atoms with Crippen molar-refractivity contribution in [1.82, 2.24) is 0 Å². The van der Waals surface area contributed by atoms with Crippen LogP contribution >= 0.6 is 0 Å². The van der Waals surface area contributed by atoms with Gasteiger partial charge in [0, 0.05) is 36.8 Å². The maximum Gasteiger partial charge on any atom is 0.205 e. The molecular formula is C26H22N4O4. The number of nitrogens with two attached hydrogens (primary N) is 2. The van der Waals surface area contributed by atoms with E-state index in [1.54, 1.807) is 6.07 Å². The van der Waals surface area contributed by atoms with Crippen LogP contribution in [-0.4, -0.2) is 11.6 Å². The van der Waals surface area contributed by atoms with E-state index in [0.717, 1.165) is 0 Å². The Bertz CT molecular complexity index is 1250. The number of nitrogens with zero attached hydrogens (tertiary/aromatic N) is 2. The predicted molar refractivity (Wildman–Crippen MR) is 120 cm³/mol. The van der Waals surface area contributed by atoms with Gasteiger partial charge in [-0.05, 0) is 24.0 Å². The summed E-state index contributed by atoms with van der Waals surface area (Å²) in [4.78, 5) is 25.8. The van der Waals surface area contributed by atoms with E-state index in [9.17, 15) is 20.1 Å². The number of rotatable bonds is 2.